The largest absolute Gasteiger partial charge is 0.425 e. The van der Waals surface area contributed by atoms with Gasteiger partial charge in [0.15, 0.2) is 0 Å². The van der Waals surface area contributed by atoms with E-state index in [1.54, 1.807) is 35.7 Å². The number of carbonyl (C=O) groups is 1. The Morgan fingerprint density at radius 2 is 1.86 bits per heavy atom. The van der Waals surface area contributed by atoms with Crippen molar-refractivity contribution in [3.63, 3.8) is 0 Å². The highest BCUT2D eigenvalue weighted by molar-refractivity contribution is 8.21. The van der Waals surface area contributed by atoms with Gasteiger partial charge in [0.25, 0.3) is 0 Å². The molecule has 0 atom stereocenters. The molecule has 1 aliphatic heterocycles. The molecule has 1 fully saturated rings. The Balaban J connectivity index is 1.94. The van der Waals surface area contributed by atoms with Gasteiger partial charge in [-0.3, -0.25) is 0 Å². The number of esters is 1. The number of hydrogen-bond donors (Lipinski definition) is 0. The molecule has 74 valence electrons. The van der Waals surface area contributed by atoms with Gasteiger partial charge in [0, 0.05) is 11.5 Å². The van der Waals surface area contributed by atoms with Crippen molar-refractivity contribution in [1.82, 2.24) is 0 Å². The topological polar surface area (TPSA) is 26.3 Å². The number of hydrogen-bond acceptors (Lipinski definition) is 4. The highest BCUT2D eigenvalue weighted by Gasteiger charge is 2.25. The molecule has 1 saturated heterocycles. The third kappa shape index (κ3) is 2.45. The minimum absolute atomic E-state index is 0.0322. The van der Waals surface area contributed by atoms with Crippen LogP contribution in [0.3, 0.4) is 0 Å². The molecule has 0 N–H and O–H groups in total. The molecule has 0 radical (unpaired) electrons. The highest BCUT2D eigenvalue weighted by Crippen LogP contribution is 2.32. The second-order valence-corrected chi connectivity index (χ2v) is 5.53. The highest BCUT2D eigenvalue weighted by atomic mass is 32.2. The fourth-order valence-corrected chi connectivity index (χ4v) is 3.68. The summed E-state index contributed by atoms with van der Waals surface area (Å²) >= 11 is 3.32. The van der Waals surface area contributed by atoms with Crippen molar-refractivity contribution in [2.45, 2.75) is 4.58 Å². The zero-order valence-electron chi connectivity index (χ0n) is 7.51. The van der Waals surface area contributed by atoms with Crippen LogP contribution in [0.1, 0.15) is 0 Å². The van der Waals surface area contributed by atoms with E-state index in [-0.39, 0.29) is 10.6 Å². The molecule has 0 unspecified atom stereocenters. The minimum atomic E-state index is -0.135. The Bertz CT molecular complexity index is 307. The quantitative estimate of drug-likeness (QED) is 0.571. The first-order valence-corrected chi connectivity index (χ1v) is 6.46. The van der Waals surface area contributed by atoms with Crippen LogP contribution in [0.4, 0.5) is 0 Å². The second kappa shape index (κ2) is 4.75. The summed E-state index contributed by atoms with van der Waals surface area (Å²) in [5, 5.41) is 0. The van der Waals surface area contributed by atoms with Gasteiger partial charge in [-0.1, -0.05) is 18.2 Å². The monoisotopic (exact) mass is 226 g/mol. The van der Waals surface area contributed by atoms with E-state index in [0.29, 0.717) is 5.75 Å². The lowest BCUT2D eigenvalue weighted by molar-refractivity contribution is -0.132. The fourth-order valence-electron chi connectivity index (χ4n) is 1.15. The van der Waals surface area contributed by atoms with Crippen molar-refractivity contribution >= 4 is 29.5 Å². The van der Waals surface area contributed by atoms with Gasteiger partial charge in [0.05, 0.1) is 0 Å². The lowest BCUT2D eigenvalue weighted by Crippen LogP contribution is -2.17. The molecule has 0 saturated carbocycles. The summed E-state index contributed by atoms with van der Waals surface area (Å²) in [4.78, 5) is 11.6. The molecule has 2 nitrogen and oxygen atoms in total. The number of benzene rings is 1. The average Bonchev–Trinajstić information content (AvgIpc) is 2.72. The fraction of sp³-hybridized carbons (Fsp3) is 0.300. The average molecular weight is 226 g/mol. The number of para-hydroxylation sites is 1. The number of thioether (sulfide) groups is 2. The Morgan fingerprint density at radius 1 is 1.21 bits per heavy atom. The summed E-state index contributed by atoms with van der Waals surface area (Å²) in [7, 11) is 0. The third-order valence-electron chi connectivity index (χ3n) is 1.78. The zero-order chi connectivity index (χ0) is 9.80. The van der Waals surface area contributed by atoms with Crippen molar-refractivity contribution in [2.24, 2.45) is 0 Å². The summed E-state index contributed by atoms with van der Waals surface area (Å²) < 4.78 is 5.19. The predicted octanol–water partition coefficient (Wildman–Crippen LogP) is 2.40. The predicted molar refractivity (Wildman–Crippen MR) is 60.8 cm³/mol. The summed E-state index contributed by atoms with van der Waals surface area (Å²) in [6.07, 6.45) is 0. The van der Waals surface area contributed by atoms with E-state index in [4.69, 9.17) is 4.74 Å². The molecule has 1 aromatic rings. The number of carbonyl (C=O) groups excluding carboxylic acids is 1. The standard InChI is InChI=1S/C10H10O2S2/c11-9(10-13-6-7-14-10)12-8-4-2-1-3-5-8/h1-5,10H,6-7H2. The van der Waals surface area contributed by atoms with Crippen LogP contribution in [0.5, 0.6) is 5.75 Å². The first-order valence-electron chi connectivity index (χ1n) is 4.36. The number of ether oxygens (including phenoxy) is 1. The van der Waals surface area contributed by atoms with Crippen LogP contribution < -0.4 is 4.74 Å². The van der Waals surface area contributed by atoms with E-state index >= 15 is 0 Å². The smallest absolute Gasteiger partial charge is 0.334 e. The maximum Gasteiger partial charge on any atom is 0.334 e. The summed E-state index contributed by atoms with van der Waals surface area (Å²) in [6.45, 7) is 0. The molecule has 1 aromatic carbocycles. The maximum absolute atomic E-state index is 11.6. The Kier molecular flexibility index (Phi) is 3.37. The van der Waals surface area contributed by atoms with Gasteiger partial charge in [-0.2, -0.15) is 0 Å². The van der Waals surface area contributed by atoms with E-state index in [0.717, 1.165) is 11.5 Å². The molecule has 2 rings (SSSR count). The van der Waals surface area contributed by atoms with Crippen LogP contribution in [0.15, 0.2) is 30.3 Å². The van der Waals surface area contributed by atoms with Gasteiger partial charge >= 0.3 is 5.97 Å². The van der Waals surface area contributed by atoms with Gasteiger partial charge in [0.2, 0.25) is 0 Å². The molecule has 0 spiro atoms. The first kappa shape index (κ1) is 9.93. The molecule has 0 aromatic heterocycles. The van der Waals surface area contributed by atoms with Gasteiger partial charge in [-0.25, -0.2) is 4.79 Å². The molecule has 0 aliphatic carbocycles. The molecule has 1 heterocycles. The minimum Gasteiger partial charge on any atom is -0.425 e. The van der Waals surface area contributed by atoms with Gasteiger partial charge in [-0.15, -0.1) is 23.5 Å². The molecule has 1 aliphatic rings. The molecule has 14 heavy (non-hydrogen) atoms. The Labute approximate surface area is 91.4 Å². The van der Waals surface area contributed by atoms with Crippen molar-refractivity contribution in [1.29, 1.82) is 0 Å². The molecular formula is C10H10O2S2. The summed E-state index contributed by atoms with van der Waals surface area (Å²) in [6, 6.07) is 9.20. The van der Waals surface area contributed by atoms with E-state index in [1.165, 1.54) is 0 Å². The van der Waals surface area contributed by atoms with E-state index < -0.39 is 0 Å². The maximum atomic E-state index is 11.6. The number of rotatable bonds is 2. The Morgan fingerprint density at radius 3 is 2.50 bits per heavy atom. The van der Waals surface area contributed by atoms with Crippen LogP contribution >= 0.6 is 23.5 Å². The summed E-state index contributed by atoms with van der Waals surface area (Å²) in [5.41, 5.74) is 0. The molecule has 0 amide bonds. The molecule has 4 heteroatoms. The van der Waals surface area contributed by atoms with Crippen LogP contribution in [0, 0.1) is 0 Å². The first-order chi connectivity index (χ1) is 6.86. The van der Waals surface area contributed by atoms with E-state index in [9.17, 15) is 4.79 Å². The second-order valence-electron chi connectivity index (χ2n) is 2.81. The van der Waals surface area contributed by atoms with E-state index in [1.807, 2.05) is 18.2 Å². The van der Waals surface area contributed by atoms with Crippen molar-refractivity contribution < 1.29 is 9.53 Å². The Hall–Kier alpha value is -0.610. The van der Waals surface area contributed by atoms with Gasteiger partial charge < -0.3 is 4.74 Å². The summed E-state index contributed by atoms with van der Waals surface area (Å²) in [5.74, 6) is 2.58. The van der Waals surface area contributed by atoms with Crippen LogP contribution in [0.2, 0.25) is 0 Å². The normalized spacial score (nSPS) is 16.9. The van der Waals surface area contributed by atoms with Crippen LogP contribution in [-0.4, -0.2) is 22.1 Å². The third-order valence-corrected chi connectivity index (χ3v) is 4.72. The van der Waals surface area contributed by atoms with Crippen molar-refractivity contribution in [3.8, 4) is 5.75 Å². The van der Waals surface area contributed by atoms with Crippen LogP contribution in [-0.2, 0) is 4.79 Å². The van der Waals surface area contributed by atoms with Gasteiger partial charge in [0.1, 0.15) is 10.3 Å². The van der Waals surface area contributed by atoms with Crippen molar-refractivity contribution in [2.75, 3.05) is 11.5 Å². The lowest BCUT2D eigenvalue weighted by Gasteiger charge is -2.07. The molecule has 0 bridgehead atoms. The molecular weight excluding hydrogens is 216 g/mol. The van der Waals surface area contributed by atoms with Gasteiger partial charge in [-0.05, 0) is 12.1 Å². The zero-order valence-corrected chi connectivity index (χ0v) is 9.14. The van der Waals surface area contributed by atoms with Crippen LogP contribution in [0.25, 0.3) is 0 Å². The SMILES string of the molecule is O=C(Oc1ccccc1)C1SCCS1. The lowest BCUT2D eigenvalue weighted by atomic mass is 10.3. The van der Waals surface area contributed by atoms with E-state index in [2.05, 4.69) is 0 Å². The van der Waals surface area contributed by atoms with Crippen molar-refractivity contribution in [3.05, 3.63) is 30.3 Å².